The normalized spacial score (nSPS) is 11.5. The molecule has 0 unspecified atom stereocenters. The fraction of sp³-hybridized carbons (Fsp3) is 0.0909. The third kappa shape index (κ3) is 3.84. The molecule has 0 aliphatic carbocycles. The number of hydrogen-bond acceptors (Lipinski definition) is 4. The summed E-state index contributed by atoms with van der Waals surface area (Å²) in [7, 11) is -3.74. The van der Waals surface area contributed by atoms with E-state index in [2.05, 4.69) is 5.32 Å². The van der Waals surface area contributed by atoms with Crippen LogP contribution in [0.5, 0.6) is 0 Å². The monoisotopic (exact) mass is 336 g/mol. The van der Waals surface area contributed by atoms with Crippen molar-refractivity contribution in [3.05, 3.63) is 44.6 Å². The largest absolute Gasteiger partial charge is 0.379 e. The van der Waals surface area contributed by atoms with Crippen molar-refractivity contribution in [2.75, 3.05) is 5.32 Å². The Bertz CT molecular complexity index is 698. The third-order valence-corrected chi connectivity index (χ3v) is 4.82. The van der Waals surface area contributed by atoms with Crippen molar-refractivity contribution in [1.29, 1.82) is 0 Å². The van der Waals surface area contributed by atoms with Crippen LogP contribution in [-0.2, 0) is 16.6 Å². The Morgan fingerprint density at radius 2 is 1.95 bits per heavy atom. The predicted molar refractivity (Wildman–Crippen MR) is 79.5 cm³/mol. The fourth-order valence-corrected chi connectivity index (χ4v) is 3.20. The molecule has 1 heterocycles. The van der Waals surface area contributed by atoms with Gasteiger partial charge < -0.3 is 5.32 Å². The lowest BCUT2D eigenvalue weighted by Crippen LogP contribution is -2.12. The molecule has 0 aliphatic heterocycles. The fourth-order valence-electron chi connectivity index (χ4n) is 1.45. The van der Waals surface area contributed by atoms with Gasteiger partial charge >= 0.3 is 0 Å². The Hall–Kier alpha value is -0.790. The highest BCUT2D eigenvalue weighted by Gasteiger charge is 2.10. The van der Waals surface area contributed by atoms with Gasteiger partial charge in [0.05, 0.1) is 19.9 Å². The van der Waals surface area contributed by atoms with Gasteiger partial charge in [-0.25, -0.2) is 13.6 Å². The summed E-state index contributed by atoms with van der Waals surface area (Å²) < 4.78 is 23.2. The molecule has 0 spiro atoms. The molecule has 19 heavy (non-hydrogen) atoms. The molecule has 0 atom stereocenters. The van der Waals surface area contributed by atoms with Crippen molar-refractivity contribution < 1.29 is 8.42 Å². The summed E-state index contributed by atoms with van der Waals surface area (Å²) in [6.07, 6.45) is 0. The van der Waals surface area contributed by atoms with Gasteiger partial charge in [-0.15, -0.1) is 11.3 Å². The quantitative estimate of drug-likeness (QED) is 0.899. The minimum atomic E-state index is -3.74. The summed E-state index contributed by atoms with van der Waals surface area (Å²) in [4.78, 5) is 1.03. The first-order valence-electron chi connectivity index (χ1n) is 5.17. The van der Waals surface area contributed by atoms with Crippen molar-refractivity contribution in [3.63, 3.8) is 0 Å². The van der Waals surface area contributed by atoms with Crippen molar-refractivity contribution in [3.8, 4) is 0 Å². The molecule has 4 nitrogen and oxygen atoms in total. The minimum Gasteiger partial charge on any atom is -0.379 e. The van der Waals surface area contributed by atoms with E-state index in [-0.39, 0.29) is 4.90 Å². The van der Waals surface area contributed by atoms with E-state index >= 15 is 0 Å². The molecule has 1 aromatic carbocycles. The van der Waals surface area contributed by atoms with E-state index in [4.69, 9.17) is 28.3 Å². The van der Waals surface area contributed by atoms with Crippen LogP contribution in [0.2, 0.25) is 9.36 Å². The molecule has 8 heteroatoms. The van der Waals surface area contributed by atoms with Crippen LogP contribution in [0.15, 0.2) is 35.2 Å². The zero-order valence-corrected chi connectivity index (χ0v) is 12.7. The van der Waals surface area contributed by atoms with Gasteiger partial charge in [0.2, 0.25) is 10.0 Å². The van der Waals surface area contributed by atoms with E-state index < -0.39 is 10.0 Å². The summed E-state index contributed by atoms with van der Waals surface area (Å²) in [5.41, 5.74) is 0.512. The standard InChI is InChI=1S/C11H10Cl2N2O2S2/c12-9-3-2-8(19(14,16)17)5-10(9)15-6-7-1-4-11(13)18-7/h1-5,15H,6H2,(H2,14,16,17). The number of primary sulfonamides is 1. The minimum absolute atomic E-state index is 0.0172. The summed E-state index contributed by atoms with van der Waals surface area (Å²) in [5.74, 6) is 0. The first-order chi connectivity index (χ1) is 8.86. The second kappa shape index (κ2) is 5.68. The number of anilines is 1. The van der Waals surface area contributed by atoms with Gasteiger partial charge in [-0.2, -0.15) is 0 Å². The van der Waals surface area contributed by atoms with Crippen LogP contribution in [0.1, 0.15) is 4.88 Å². The molecule has 2 rings (SSSR count). The number of halogens is 2. The van der Waals surface area contributed by atoms with E-state index in [1.165, 1.54) is 29.5 Å². The molecule has 0 bridgehead atoms. The zero-order valence-electron chi connectivity index (χ0n) is 9.56. The average Bonchev–Trinajstić information content (AvgIpc) is 2.72. The summed E-state index contributed by atoms with van der Waals surface area (Å²) in [6, 6.07) is 7.95. The Kier molecular flexibility index (Phi) is 4.37. The topological polar surface area (TPSA) is 72.2 Å². The van der Waals surface area contributed by atoms with Gasteiger partial charge in [-0.05, 0) is 30.3 Å². The van der Waals surface area contributed by atoms with E-state index in [1.807, 2.05) is 6.07 Å². The highest BCUT2D eigenvalue weighted by molar-refractivity contribution is 7.89. The molecule has 0 amide bonds. The molecular formula is C11H10Cl2N2O2S2. The van der Waals surface area contributed by atoms with Crippen molar-refractivity contribution in [2.24, 2.45) is 5.14 Å². The smallest absolute Gasteiger partial charge is 0.238 e. The molecule has 1 aromatic heterocycles. The van der Waals surface area contributed by atoms with Crippen LogP contribution in [-0.4, -0.2) is 8.42 Å². The number of benzene rings is 1. The summed E-state index contributed by atoms with van der Waals surface area (Å²) in [6.45, 7) is 0.505. The molecule has 3 N–H and O–H groups in total. The number of rotatable bonds is 4. The van der Waals surface area contributed by atoms with Crippen LogP contribution in [0.25, 0.3) is 0 Å². The maximum atomic E-state index is 11.3. The molecule has 2 aromatic rings. The molecule has 0 fully saturated rings. The van der Waals surface area contributed by atoms with E-state index in [0.717, 1.165) is 4.88 Å². The highest BCUT2D eigenvalue weighted by Crippen LogP contribution is 2.27. The van der Waals surface area contributed by atoms with Crippen molar-refractivity contribution >= 4 is 50.2 Å². The number of hydrogen-bond donors (Lipinski definition) is 2. The van der Waals surface area contributed by atoms with Crippen LogP contribution in [0.3, 0.4) is 0 Å². The average molecular weight is 337 g/mol. The van der Waals surface area contributed by atoms with E-state index in [9.17, 15) is 8.42 Å². The zero-order chi connectivity index (χ0) is 14.0. The highest BCUT2D eigenvalue weighted by atomic mass is 35.5. The molecule has 0 saturated heterocycles. The molecule has 0 saturated carbocycles. The summed E-state index contributed by atoms with van der Waals surface area (Å²) >= 11 is 13.3. The Labute approximate surface area is 125 Å². The van der Waals surface area contributed by atoms with Crippen LogP contribution < -0.4 is 10.5 Å². The van der Waals surface area contributed by atoms with E-state index in [1.54, 1.807) is 6.07 Å². The van der Waals surface area contributed by atoms with Crippen LogP contribution >= 0.6 is 34.5 Å². The van der Waals surface area contributed by atoms with Gasteiger partial charge in [-0.1, -0.05) is 23.2 Å². The van der Waals surface area contributed by atoms with E-state index in [0.29, 0.717) is 21.6 Å². The van der Waals surface area contributed by atoms with Crippen LogP contribution in [0, 0.1) is 0 Å². The first kappa shape index (κ1) is 14.6. The lowest BCUT2D eigenvalue weighted by Gasteiger charge is -2.08. The van der Waals surface area contributed by atoms with Gasteiger partial charge in [0, 0.05) is 11.4 Å². The predicted octanol–water partition coefficient (Wildman–Crippen LogP) is 3.31. The first-order valence-corrected chi connectivity index (χ1v) is 8.28. The lowest BCUT2D eigenvalue weighted by atomic mass is 10.3. The molecule has 102 valence electrons. The van der Waals surface area contributed by atoms with Gasteiger partial charge in [0.1, 0.15) is 0 Å². The Morgan fingerprint density at radius 1 is 1.21 bits per heavy atom. The van der Waals surface area contributed by atoms with Crippen molar-refractivity contribution in [2.45, 2.75) is 11.4 Å². The van der Waals surface area contributed by atoms with Gasteiger partial charge in [0.25, 0.3) is 0 Å². The third-order valence-electron chi connectivity index (χ3n) is 2.35. The number of nitrogens with one attached hydrogen (secondary N) is 1. The SMILES string of the molecule is NS(=O)(=O)c1ccc(Cl)c(NCc2ccc(Cl)s2)c1. The number of thiophene rings is 1. The molecular weight excluding hydrogens is 327 g/mol. The van der Waals surface area contributed by atoms with Gasteiger partial charge in [0.15, 0.2) is 0 Å². The maximum Gasteiger partial charge on any atom is 0.238 e. The molecule has 0 aliphatic rings. The van der Waals surface area contributed by atoms with Crippen LogP contribution in [0.4, 0.5) is 5.69 Å². The Balaban J connectivity index is 2.20. The van der Waals surface area contributed by atoms with Gasteiger partial charge in [-0.3, -0.25) is 0 Å². The Morgan fingerprint density at radius 3 is 2.53 bits per heavy atom. The summed E-state index contributed by atoms with van der Waals surface area (Å²) in [5, 5.41) is 8.55. The van der Waals surface area contributed by atoms with Crippen molar-refractivity contribution in [1.82, 2.24) is 0 Å². The lowest BCUT2D eigenvalue weighted by molar-refractivity contribution is 0.598. The second-order valence-electron chi connectivity index (χ2n) is 3.75. The number of sulfonamides is 1. The maximum absolute atomic E-state index is 11.3. The number of nitrogens with two attached hydrogens (primary N) is 1. The molecule has 0 radical (unpaired) electrons. The second-order valence-corrected chi connectivity index (χ2v) is 7.51.